The summed E-state index contributed by atoms with van der Waals surface area (Å²) in [5.74, 6) is 0.382. The third kappa shape index (κ3) is 2.89. The van der Waals surface area contributed by atoms with Crippen molar-refractivity contribution in [2.75, 3.05) is 18.2 Å². The predicted octanol–water partition coefficient (Wildman–Crippen LogP) is 3.51. The van der Waals surface area contributed by atoms with Crippen LogP contribution >= 0.6 is 11.3 Å². The van der Waals surface area contributed by atoms with Crippen molar-refractivity contribution in [2.24, 2.45) is 0 Å². The van der Waals surface area contributed by atoms with Gasteiger partial charge in [0, 0.05) is 28.4 Å². The Morgan fingerprint density at radius 2 is 2.27 bits per heavy atom. The number of nitrogen functional groups attached to an aromatic ring is 1. The number of carbonyl (C=O) groups is 1. The van der Waals surface area contributed by atoms with Crippen molar-refractivity contribution in [3.8, 4) is 5.75 Å². The number of fused-ring (bicyclic) bond motifs is 2. The van der Waals surface area contributed by atoms with Crippen LogP contribution in [0.3, 0.4) is 0 Å². The first-order valence-electron chi connectivity index (χ1n) is 8.42. The topological polar surface area (TPSA) is 97.5 Å². The molecule has 1 aliphatic carbocycles. The minimum Gasteiger partial charge on any atom is -0.497 e. The molecule has 26 heavy (non-hydrogen) atoms. The number of pyridine rings is 1. The summed E-state index contributed by atoms with van der Waals surface area (Å²) in [6, 6.07) is 9.03. The van der Waals surface area contributed by atoms with Gasteiger partial charge in [-0.1, -0.05) is 6.07 Å². The second-order valence-corrected chi connectivity index (χ2v) is 7.32. The normalized spacial score (nSPS) is 16.3. The summed E-state index contributed by atoms with van der Waals surface area (Å²) in [6.45, 7) is 0. The molecule has 1 aromatic carbocycles. The number of nitrogens with one attached hydrogen (secondary N) is 1. The van der Waals surface area contributed by atoms with E-state index < -0.39 is 6.10 Å². The van der Waals surface area contributed by atoms with E-state index in [0.29, 0.717) is 22.0 Å². The number of nitrogens with zero attached hydrogens (tertiary/aromatic N) is 1. The lowest BCUT2D eigenvalue weighted by atomic mass is 9.93. The highest BCUT2D eigenvalue weighted by atomic mass is 32.1. The Kier molecular flexibility index (Phi) is 4.26. The minimum atomic E-state index is -0.510. The van der Waals surface area contributed by atoms with Crippen molar-refractivity contribution in [3.63, 3.8) is 0 Å². The average Bonchev–Trinajstić information content (AvgIpc) is 2.97. The van der Waals surface area contributed by atoms with Crippen LogP contribution in [0.1, 0.15) is 39.9 Å². The second-order valence-electron chi connectivity index (χ2n) is 6.32. The van der Waals surface area contributed by atoms with Crippen molar-refractivity contribution in [2.45, 2.75) is 25.4 Å². The Labute approximate surface area is 154 Å². The van der Waals surface area contributed by atoms with Gasteiger partial charge in [-0.05, 0) is 37.5 Å². The zero-order valence-electron chi connectivity index (χ0n) is 14.3. The van der Waals surface area contributed by atoms with Crippen LogP contribution in [0.25, 0.3) is 10.2 Å². The quantitative estimate of drug-likeness (QED) is 0.656. The number of nitrogens with two attached hydrogens (primary N) is 1. The highest BCUT2D eigenvalue weighted by Crippen LogP contribution is 2.38. The molecule has 134 valence electrons. The number of hydrogen-bond donors (Lipinski definition) is 3. The fraction of sp³-hybridized carbons (Fsp3) is 0.263. The zero-order chi connectivity index (χ0) is 18.3. The third-order valence-electron chi connectivity index (χ3n) is 4.62. The summed E-state index contributed by atoms with van der Waals surface area (Å²) in [7, 11) is 1.58. The molecule has 0 aliphatic heterocycles. The third-order valence-corrected chi connectivity index (χ3v) is 5.73. The van der Waals surface area contributed by atoms with Gasteiger partial charge in [-0.2, -0.15) is 0 Å². The van der Waals surface area contributed by atoms with Crippen LogP contribution in [0.15, 0.2) is 30.3 Å². The predicted molar refractivity (Wildman–Crippen MR) is 103 cm³/mol. The number of benzene rings is 1. The SMILES string of the molecule is COc1cccc(NC(=O)c2sc3nc4c(cc3c2N)C(O)CCC4)c1. The molecule has 7 heteroatoms. The molecule has 3 aromatic rings. The van der Waals surface area contributed by atoms with Crippen LogP contribution in [-0.2, 0) is 6.42 Å². The number of methoxy groups -OCH3 is 1. The Morgan fingerprint density at radius 1 is 1.42 bits per heavy atom. The number of amides is 1. The molecule has 2 aromatic heterocycles. The molecule has 4 rings (SSSR count). The van der Waals surface area contributed by atoms with Gasteiger partial charge >= 0.3 is 0 Å². The van der Waals surface area contributed by atoms with Gasteiger partial charge in [-0.15, -0.1) is 11.3 Å². The summed E-state index contributed by atoms with van der Waals surface area (Å²) in [5, 5.41) is 13.8. The summed E-state index contributed by atoms with van der Waals surface area (Å²) < 4.78 is 5.17. The number of aliphatic hydroxyl groups excluding tert-OH is 1. The number of carbonyl (C=O) groups excluding carboxylic acids is 1. The molecule has 2 heterocycles. The summed E-state index contributed by atoms with van der Waals surface area (Å²) in [5.41, 5.74) is 8.99. The molecule has 0 saturated carbocycles. The van der Waals surface area contributed by atoms with Gasteiger partial charge in [-0.3, -0.25) is 4.79 Å². The first-order valence-corrected chi connectivity index (χ1v) is 9.23. The van der Waals surface area contributed by atoms with E-state index in [-0.39, 0.29) is 5.91 Å². The molecule has 0 spiro atoms. The molecule has 6 nitrogen and oxygen atoms in total. The highest BCUT2D eigenvalue weighted by molar-refractivity contribution is 7.21. The molecule has 0 fully saturated rings. The van der Waals surface area contributed by atoms with Crippen LogP contribution < -0.4 is 15.8 Å². The molecule has 4 N–H and O–H groups in total. The first kappa shape index (κ1) is 16.8. The second kappa shape index (κ2) is 6.59. The Balaban J connectivity index is 1.70. The summed E-state index contributed by atoms with van der Waals surface area (Å²) >= 11 is 1.27. The van der Waals surface area contributed by atoms with Crippen LogP contribution in [0.5, 0.6) is 5.75 Å². The van der Waals surface area contributed by atoms with Gasteiger partial charge in [0.25, 0.3) is 5.91 Å². The maximum Gasteiger partial charge on any atom is 0.267 e. The summed E-state index contributed by atoms with van der Waals surface area (Å²) in [4.78, 5) is 18.5. The first-order chi connectivity index (χ1) is 12.6. The van der Waals surface area contributed by atoms with Crippen LogP contribution in [0.4, 0.5) is 11.4 Å². The van der Waals surface area contributed by atoms with E-state index in [4.69, 9.17) is 10.5 Å². The number of anilines is 2. The standard InChI is InChI=1S/C19H19N3O3S/c1-25-11-5-2-4-10(8-11)21-18(24)17-16(20)13-9-12-14(22-19(13)26-17)6-3-7-15(12)23/h2,4-5,8-9,15,23H,3,6-7,20H2,1H3,(H,21,24). The molecule has 1 unspecified atom stereocenters. The minimum absolute atomic E-state index is 0.280. The van der Waals surface area contributed by atoms with E-state index in [0.717, 1.165) is 40.7 Å². The van der Waals surface area contributed by atoms with Crippen molar-refractivity contribution in [3.05, 3.63) is 46.5 Å². The molecule has 1 amide bonds. The van der Waals surface area contributed by atoms with E-state index in [1.54, 1.807) is 25.3 Å². The van der Waals surface area contributed by atoms with Gasteiger partial charge in [0.2, 0.25) is 0 Å². The van der Waals surface area contributed by atoms with Gasteiger partial charge in [0.1, 0.15) is 15.5 Å². The molecular formula is C19H19N3O3S. The largest absolute Gasteiger partial charge is 0.497 e. The number of ether oxygens (including phenoxy) is 1. The number of thiophene rings is 1. The van der Waals surface area contributed by atoms with Gasteiger partial charge in [0.15, 0.2) is 0 Å². The molecule has 0 radical (unpaired) electrons. The zero-order valence-corrected chi connectivity index (χ0v) is 15.1. The summed E-state index contributed by atoms with van der Waals surface area (Å²) in [6.07, 6.45) is 1.97. The monoisotopic (exact) mass is 369 g/mol. The Hall–Kier alpha value is -2.64. The number of rotatable bonds is 3. The molecule has 1 aliphatic rings. The van der Waals surface area contributed by atoms with Crippen LogP contribution in [-0.4, -0.2) is 23.1 Å². The van der Waals surface area contributed by atoms with E-state index in [1.807, 2.05) is 12.1 Å². The van der Waals surface area contributed by atoms with E-state index >= 15 is 0 Å². The fourth-order valence-corrected chi connectivity index (χ4v) is 4.25. The van der Waals surface area contributed by atoms with Gasteiger partial charge in [-0.25, -0.2) is 4.98 Å². The fourth-order valence-electron chi connectivity index (χ4n) is 3.26. The number of aryl methyl sites for hydroxylation is 1. The number of aliphatic hydroxyl groups is 1. The molecule has 0 bridgehead atoms. The average molecular weight is 369 g/mol. The number of aromatic nitrogens is 1. The van der Waals surface area contributed by atoms with Crippen molar-refractivity contribution in [1.29, 1.82) is 0 Å². The van der Waals surface area contributed by atoms with Crippen LogP contribution in [0.2, 0.25) is 0 Å². The van der Waals surface area contributed by atoms with E-state index in [1.165, 1.54) is 11.3 Å². The Morgan fingerprint density at radius 3 is 3.08 bits per heavy atom. The molecule has 0 saturated heterocycles. The van der Waals surface area contributed by atoms with Gasteiger partial charge in [0.05, 0.1) is 18.9 Å². The lowest BCUT2D eigenvalue weighted by molar-refractivity contribution is 0.103. The lowest BCUT2D eigenvalue weighted by Crippen LogP contribution is -2.12. The van der Waals surface area contributed by atoms with Crippen molar-refractivity contribution < 1.29 is 14.6 Å². The Bertz CT molecular complexity index is 999. The van der Waals surface area contributed by atoms with Crippen LogP contribution in [0, 0.1) is 0 Å². The lowest BCUT2D eigenvalue weighted by Gasteiger charge is -2.20. The maximum atomic E-state index is 12.7. The highest BCUT2D eigenvalue weighted by Gasteiger charge is 2.24. The number of hydrogen-bond acceptors (Lipinski definition) is 6. The van der Waals surface area contributed by atoms with E-state index in [9.17, 15) is 9.90 Å². The van der Waals surface area contributed by atoms with Gasteiger partial charge < -0.3 is 20.9 Å². The molecular weight excluding hydrogens is 350 g/mol. The smallest absolute Gasteiger partial charge is 0.267 e. The van der Waals surface area contributed by atoms with Crippen molar-refractivity contribution in [1.82, 2.24) is 4.98 Å². The van der Waals surface area contributed by atoms with Crippen molar-refractivity contribution >= 4 is 38.8 Å². The maximum absolute atomic E-state index is 12.7. The van der Waals surface area contributed by atoms with E-state index in [2.05, 4.69) is 10.3 Å². The molecule has 1 atom stereocenters.